The number of rotatable bonds is 7. The van der Waals surface area contributed by atoms with Crippen molar-refractivity contribution in [3.05, 3.63) is 48.2 Å². The molecule has 0 spiro atoms. The second-order valence-corrected chi connectivity index (χ2v) is 10.1. The van der Waals surface area contributed by atoms with Crippen LogP contribution in [0.2, 0.25) is 5.02 Å². The highest BCUT2D eigenvalue weighted by molar-refractivity contribution is 6.32. The molecule has 1 saturated carbocycles. The van der Waals surface area contributed by atoms with Gasteiger partial charge in [-0.05, 0) is 43.9 Å². The van der Waals surface area contributed by atoms with Crippen LogP contribution in [-0.2, 0) is 4.79 Å². The number of carbonyl (C=O) groups is 1. The van der Waals surface area contributed by atoms with E-state index in [-0.39, 0.29) is 46.9 Å². The fourth-order valence-electron chi connectivity index (χ4n) is 5.15. The number of piperazine rings is 1. The van der Waals surface area contributed by atoms with Gasteiger partial charge < -0.3 is 19.9 Å². The molecule has 1 aliphatic carbocycles. The highest BCUT2D eigenvalue weighted by atomic mass is 35.5. The third-order valence-corrected chi connectivity index (χ3v) is 7.71. The molecule has 3 aromatic rings. The predicted molar refractivity (Wildman–Crippen MR) is 134 cm³/mol. The third kappa shape index (κ3) is 4.20. The van der Waals surface area contributed by atoms with Crippen LogP contribution in [-0.4, -0.2) is 68.2 Å². The lowest BCUT2D eigenvalue weighted by Crippen LogP contribution is -2.48. The molecule has 2 saturated heterocycles. The lowest BCUT2D eigenvalue weighted by molar-refractivity contribution is -0.127. The quantitative estimate of drug-likeness (QED) is 0.457. The summed E-state index contributed by atoms with van der Waals surface area (Å²) in [7, 11) is 0. The van der Waals surface area contributed by atoms with Crippen LogP contribution in [0.15, 0.2) is 37.3 Å². The molecule has 1 aromatic carbocycles. The van der Waals surface area contributed by atoms with Gasteiger partial charge in [-0.1, -0.05) is 18.2 Å². The van der Waals surface area contributed by atoms with Gasteiger partial charge in [0.25, 0.3) is 0 Å². The molecule has 9 nitrogen and oxygen atoms in total. The van der Waals surface area contributed by atoms with Crippen molar-refractivity contribution in [2.24, 2.45) is 0 Å². The molecule has 0 radical (unpaired) electrons. The molecule has 2 aromatic heterocycles. The van der Waals surface area contributed by atoms with Gasteiger partial charge in [-0.25, -0.2) is 28.7 Å². The number of aromatic nitrogens is 4. The Morgan fingerprint density at radius 1 is 1.27 bits per heavy atom. The van der Waals surface area contributed by atoms with E-state index in [0.717, 1.165) is 12.8 Å². The number of fused-ring (bicyclic) bond motifs is 3. The number of nitrogens with zero attached hydrogens (tertiary/aromatic N) is 6. The molecule has 0 unspecified atom stereocenters. The summed E-state index contributed by atoms with van der Waals surface area (Å²) in [5.74, 6) is 0.0319. The van der Waals surface area contributed by atoms with Crippen LogP contribution in [0.4, 0.5) is 26.2 Å². The minimum Gasteiger partial charge on any atom is -0.489 e. The molecule has 2 aliphatic heterocycles. The molecule has 37 heavy (non-hydrogen) atoms. The van der Waals surface area contributed by atoms with Crippen molar-refractivity contribution in [2.75, 3.05) is 29.9 Å². The second-order valence-electron chi connectivity index (χ2n) is 9.67. The number of halogens is 3. The average molecular weight is 528 g/mol. The maximum Gasteiger partial charge on any atom is 0.246 e. The summed E-state index contributed by atoms with van der Waals surface area (Å²) in [6.45, 7) is 4.61. The fourth-order valence-corrected chi connectivity index (χ4v) is 5.37. The van der Waals surface area contributed by atoms with Crippen molar-refractivity contribution < 1.29 is 18.3 Å². The van der Waals surface area contributed by atoms with Gasteiger partial charge in [0.2, 0.25) is 11.9 Å². The Morgan fingerprint density at radius 3 is 2.81 bits per heavy atom. The Balaban J connectivity index is 1.23. The van der Waals surface area contributed by atoms with Crippen LogP contribution in [0.3, 0.4) is 0 Å². The van der Waals surface area contributed by atoms with E-state index >= 15 is 4.39 Å². The zero-order chi connectivity index (χ0) is 25.7. The van der Waals surface area contributed by atoms with E-state index in [4.69, 9.17) is 16.3 Å². The summed E-state index contributed by atoms with van der Waals surface area (Å²) in [6, 6.07) is 3.13. The third-order valence-electron chi connectivity index (χ3n) is 7.36. The summed E-state index contributed by atoms with van der Waals surface area (Å²) in [6.07, 6.45) is 6.78. The van der Waals surface area contributed by atoms with Gasteiger partial charge in [0.15, 0.2) is 11.6 Å². The number of anilines is 3. The molecule has 12 heteroatoms. The fraction of sp³-hybridized carbons (Fsp3) is 0.400. The highest BCUT2D eigenvalue weighted by Gasteiger charge is 2.45. The molecule has 6 rings (SSSR count). The molecule has 1 amide bonds. The Hall–Kier alpha value is -3.60. The molecule has 3 fully saturated rings. The van der Waals surface area contributed by atoms with Gasteiger partial charge in [-0.15, -0.1) is 0 Å². The minimum atomic E-state index is -1.37. The monoisotopic (exact) mass is 527 g/mol. The van der Waals surface area contributed by atoms with Crippen LogP contribution < -0.4 is 15.0 Å². The van der Waals surface area contributed by atoms with Crippen LogP contribution in [0.5, 0.6) is 5.75 Å². The van der Waals surface area contributed by atoms with Gasteiger partial charge >= 0.3 is 0 Å². The lowest BCUT2D eigenvalue weighted by Gasteiger charge is -2.33. The first-order chi connectivity index (χ1) is 17.8. The first-order valence-corrected chi connectivity index (χ1v) is 12.5. The summed E-state index contributed by atoms with van der Waals surface area (Å²) in [4.78, 5) is 33.6. The Kier molecular flexibility index (Phi) is 5.82. The topological polar surface area (TPSA) is 96.4 Å². The van der Waals surface area contributed by atoms with Crippen LogP contribution in [0.25, 0.3) is 11.0 Å². The molecule has 3 aliphatic rings. The first kappa shape index (κ1) is 23.8. The van der Waals surface area contributed by atoms with Gasteiger partial charge in [0.05, 0.1) is 24.0 Å². The number of hydrogen-bond acceptors (Lipinski definition) is 8. The molecule has 2 atom stereocenters. The van der Waals surface area contributed by atoms with Crippen molar-refractivity contribution in [3.63, 3.8) is 0 Å². The number of amides is 1. The van der Waals surface area contributed by atoms with Crippen molar-refractivity contribution in [1.29, 1.82) is 0 Å². The zero-order valence-corrected chi connectivity index (χ0v) is 20.6. The van der Waals surface area contributed by atoms with Crippen LogP contribution >= 0.6 is 11.6 Å². The summed E-state index contributed by atoms with van der Waals surface area (Å²) >= 11 is 6.20. The summed E-state index contributed by atoms with van der Waals surface area (Å²) in [5, 5.41) is 2.70. The highest BCUT2D eigenvalue weighted by Crippen LogP contribution is 2.39. The Labute approximate surface area is 216 Å². The summed E-state index contributed by atoms with van der Waals surface area (Å²) in [5.41, 5.74) is -0.416. The van der Waals surface area contributed by atoms with Crippen molar-refractivity contribution in [1.82, 2.24) is 24.8 Å². The Bertz CT molecular complexity index is 1400. The lowest BCUT2D eigenvalue weighted by atomic mass is 9.83. The van der Waals surface area contributed by atoms with E-state index in [1.165, 1.54) is 24.5 Å². The van der Waals surface area contributed by atoms with Gasteiger partial charge in [-0.3, -0.25) is 4.79 Å². The van der Waals surface area contributed by atoms with Crippen LogP contribution in [0.1, 0.15) is 25.7 Å². The molecular weight excluding hydrogens is 504 g/mol. The van der Waals surface area contributed by atoms with E-state index in [0.29, 0.717) is 42.9 Å². The molecule has 4 heterocycles. The molecule has 192 valence electrons. The standard InChI is InChI=1S/C25H24ClF2N7O2/c1-2-19(36)34-10-15-8-14(34)11-35(15)24-29-9-17-22(33-24)23(31-13-30-17)32-16-4-5-18(20(26)21(16)27)37-12-25(28)6-3-7-25/h2,4-5,9,13-15H,1,3,6-8,10-12H2,(H,30,31,32)/t14-,15-/m0/s1. The van der Waals surface area contributed by atoms with E-state index in [9.17, 15) is 9.18 Å². The maximum atomic E-state index is 15.1. The number of carbonyl (C=O) groups excluding carboxylic acids is 1. The Morgan fingerprint density at radius 2 is 2.11 bits per heavy atom. The number of nitrogens with one attached hydrogen (secondary N) is 1. The van der Waals surface area contributed by atoms with Crippen molar-refractivity contribution in [3.8, 4) is 5.75 Å². The van der Waals surface area contributed by atoms with E-state index in [1.54, 1.807) is 6.20 Å². The van der Waals surface area contributed by atoms with Gasteiger partial charge in [-0.2, -0.15) is 0 Å². The van der Waals surface area contributed by atoms with Crippen molar-refractivity contribution in [2.45, 2.75) is 43.4 Å². The van der Waals surface area contributed by atoms with E-state index in [2.05, 4.69) is 36.7 Å². The van der Waals surface area contributed by atoms with Gasteiger partial charge in [0, 0.05) is 13.1 Å². The van der Waals surface area contributed by atoms with Gasteiger partial charge in [0.1, 0.15) is 40.4 Å². The van der Waals surface area contributed by atoms with E-state index in [1.807, 2.05) is 4.90 Å². The number of hydrogen-bond donors (Lipinski definition) is 1. The first-order valence-electron chi connectivity index (χ1n) is 12.1. The number of likely N-dealkylation sites (tertiary alicyclic amines) is 1. The summed E-state index contributed by atoms with van der Waals surface area (Å²) < 4.78 is 34.9. The van der Waals surface area contributed by atoms with E-state index < -0.39 is 11.5 Å². The molecule has 2 bridgehead atoms. The zero-order valence-electron chi connectivity index (χ0n) is 19.8. The largest absolute Gasteiger partial charge is 0.489 e. The molecule has 1 N–H and O–H groups in total. The smallest absolute Gasteiger partial charge is 0.246 e. The minimum absolute atomic E-state index is 0.0647. The second kappa shape index (κ2) is 9.05. The van der Waals surface area contributed by atoms with Crippen LogP contribution in [0, 0.1) is 5.82 Å². The number of benzene rings is 1. The maximum absolute atomic E-state index is 15.1. The SMILES string of the molecule is C=CC(=O)N1C[C@@H]2C[C@H]1CN2c1ncc2ncnc(Nc3ccc(OCC4(F)CCC4)c(Cl)c3F)c2n1. The number of alkyl halides is 1. The molecular formula is C25H24ClF2N7O2. The van der Waals surface area contributed by atoms with Crippen molar-refractivity contribution >= 4 is 46.0 Å². The average Bonchev–Trinajstić information content (AvgIpc) is 3.51. The predicted octanol–water partition coefficient (Wildman–Crippen LogP) is 4.20. The number of ether oxygens (including phenoxy) is 1. The normalized spacial score (nSPS) is 21.7.